The van der Waals surface area contributed by atoms with Gasteiger partial charge in [0.15, 0.2) is 6.10 Å². The number of aliphatic hydroxyl groups is 1. The summed E-state index contributed by atoms with van der Waals surface area (Å²) in [6, 6.07) is 9.88. The third kappa shape index (κ3) is 4.10. The van der Waals surface area contributed by atoms with Gasteiger partial charge < -0.3 is 25.1 Å². The molecule has 1 aromatic heterocycles. The maximum Gasteiger partial charge on any atom is 0.508 e. The van der Waals surface area contributed by atoms with Crippen molar-refractivity contribution in [3.05, 3.63) is 58.6 Å². The Morgan fingerprint density at radius 1 is 1.29 bits per heavy atom. The molecule has 1 aliphatic heterocycles. The van der Waals surface area contributed by atoms with Gasteiger partial charge in [-0.1, -0.05) is 30.3 Å². The molecule has 0 bridgehead atoms. The highest BCUT2D eigenvalue weighted by molar-refractivity contribution is 5.59. The summed E-state index contributed by atoms with van der Waals surface area (Å²) in [5.41, 5.74) is 4.96. The lowest BCUT2D eigenvalue weighted by molar-refractivity contribution is -0.141. The number of halogens is 2. The van der Waals surface area contributed by atoms with Crippen molar-refractivity contribution >= 4 is 12.0 Å². The molecular formula is C17H17F2N3O6. The van der Waals surface area contributed by atoms with Crippen LogP contribution in [-0.2, 0) is 20.8 Å². The summed E-state index contributed by atoms with van der Waals surface area (Å²) in [5.74, 6) is -3.98. The smallest absolute Gasteiger partial charge is 0.431 e. The summed E-state index contributed by atoms with van der Waals surface area (Å²) in [5, 5.41) is 9.85. The predicted octanol–water partition coefficient (Wildman–Crippen LogP) is 1.07. The van der Waals surface area contributed by atoms with Gasteiger partial charge in [-0.15, -0.1) is 0 Å². The number of nitrogens with zero attached hydrogens (tertiary/aromatic N) is 2. The van der Waals surface area contributed by atoms with Crippen LogP contribution in [0.4, 0.5) is 19.4 Å². The molecule has 0 unspecified atom stereocenters. The van der Waals surface area contributed by atoms with Crippen molar-refractivity contribution in [3.63, 3.8) is 0 Å². The average molecular weight is 397 g/mol. The van der Waals surface area contributed by atoms with E-state index in [1.165, 1.54) is 0 Å². The number of anilines is 1. The first-order valence-electron chi connectivity index (χ1n) is 8.18. The number of alkyl halides is 2. The average Bonchev–Trinajstić information content (AvgIpc) is 2.89. The van der Waals surface area contributed by atoms with E-state index in [1.54, 1.807) is 30.3 Å². The third-order valence-electron chi connectivity index (χ3n) is 4.05. The number of hydrogen-bond donors (Lipinski definition) is 2. The lowest BCUT2D eigenvalue weighted by Crippen LogP contribution is -2.42. The zero-order chi connectivity index (χ0) is 20.3. The highest BCUT2D eigenvalue weighted by Gasteiger charge is 2.60. The molecular weight excluding hydrogens is 380 g/mol. The maximum atomic E-state index is 14.3. The summed E-state index contributed by atoms with van der Waals surface area (Å²) >= 11 is 0. The van der Waals surface area contributed by atoms with Crippen molar-refractivity contribution in [1.82, 2.24) is 9.55 Å². The number of nitrogen functional groups attached to an aromatic ring is 1. The fourth-order valence-electron chi connectivity index (χ4n) is 2.62. The van der Waals surface area contributed by atoms with Crippen LogP contribution in [0.3, 0.4) is 0 Å². The molecule has 0 spiro atoms. The fourth-order valence-corrected chi connectivity index (χ4v) is 2.62. The molecule has 2 heterocycles. The van der Waals surface area contributed by atoms with Crippen molar-refractivity contribution in [2.75, 3.05) is 12.3 Å². The maximum absolute atomic E-state index is 14.3. The van der Waals surface area contributed by atoms with E-state index < -0.39 is 42.8 Å². The van der Waals surface area contributed by atoms with Crippen LogP contribution < -0.4 is 11.4 Å². The van der Waals surface area contributed by atoms with E-state index in [9.17, 15) is 23.5 Å². The number of hydrogen-bond acceptors (Lipinski definition) is 8. The minimum absolute atomic E-state index is 0.0704. The zero-order valence-corrected chi connectivity index (χ0v) is 14.4. The lowest BCUT2D eigenvalue weighted by atomic mass is 10.1. The summed E-state index contributed by atoms with van der Waals surface area (Å²) in [4.78, 5) is 26.8. The Kier molecular flexibility index (Phi) is 5.56. The van der Waals surface area contributed by atoms with E-state index in [4.69, 9.17) is 19.9 Å². The van der Waals surface area contributed by atoms with Crippen LogP contribution in [0.25, 0.3) is 0 Å². The topological polar surface area (TPSA) is 126 Å². The molecule has 0 radical (unpaired) electrons. The van der Waals surface area contributed by atoms with Crippen LogP contribution in [0.5, 0.6) is 0 Å². The number of rotatable bonds is 5. The molecule has 1 fully saturated rings. The molecule has 11 heteroatoms. The molecule has 3 rings (SSSR count). The number of aliphatic hydroxyl groups excluding tert-OH is 1. The number of ether oxygens (including phenoxy) is 3. The van der Waals surface area contributed by atoms with Crippen molar-refractivity contribution in [3.8, 4) is 0 Å². The summed E-state index contributed by atoms with van der Waals surface area (Å²) in [6.45, 7) is -0.767. The Labute approximate surface area is 157 Å². The highest BCUT2D eigenvalue weighted by atomic mass is 19.3. The van der Waals surface area contributed by atoms with Crippen LogP contribution >= 0.6 is 0 Å². The Hall–Kier alpha value is -3.05. The molecule has 0 saturated carbocycles. The summed E-state index contributed by atoms with van der Waals surface area (Å²) in [7, 11) is 0. The molecule has 1 aromatic carbocycles. The summed E-state index contributed by atoms with van der Waals surface area (Å²) < 4.78 is 43.9. The molecule has 3 N–H and O–H groups in total. The van der Waals surface area contributed by atoms with Crippen molar-refractivity contribution in [2.45, 2.75) is 31.0 Å². The van der Waals surface area contributed by atoms with E-state index in [0.717, 1.165) is 12.3 Å². The van der Waals surface area contributed by atoms with E-state index in [2.05, 4.69) is 4.98 Å². The van der Waals surface area contributed by atoms with E-state index in [1.807, 2.05) is 0 Å². The molecule has 1 aliphatic rings. The van der Waals surface area contributed by atoms with Gasteiger partial charge in [0.05, 0.1) is 0 Å². The van der Waals surface area contributed by atoms with Crippen LogP contribution in [0.2, 0.25) is 0 Å². The van der Waals surface area contributed by atoms with E-state index in [0.29, 0.717) is 10.1 Å². The number of nitrogens with two attached hydrogens (primary N) is 1. The molecule has 1 saturated heterocycles. The first-order chi connectivity index (χ1) is 13.3. The molecule has 3 atom stereocenters. The van der Waals surface area contributed by atoms with Gasteiger partial charge in [-0.2, -0.15) is 13.8 Å². The van der Waals surface area contributed by atoms with Crippen molar-refractivity contribution < 1.29 is 32.9 Å². The Bertz CT molecular complexity index is 892. The fraction of sp³-hybridized carbons (Fsp3) is 0.353. The molecule has 2 aromatic rings. The first-order valence-corrected chi connectivity index (χ1v) is 8.18. The van der Waals surface area contributed by atoms with Gasteiger partial charge in [0.2, 0.25) is 6.23 Å². The predicted molar refractivity (Wildman–Crippen MR) is 90.4 cm³/mol. The minimum Gasteiger partial charge on any atom is -0.431 e. The van der Waals surface area contributed by atoms with Gasteiger partial charge in [-0.25, -0.2) is 9.59 Å². The normalized spacial score (nSPS) is 23.3. The standard InChI is InChI=1S/C17H17F2N3O6/c18-17(19)13(23)11(28-14(17)22-7-6-12(20)21-15(22)24)9-27-16(25)26-8-10-4-2-1-3-5-10/h1-7,11,13-14,23H,8-9H2,(H2,20,21,24)/t11-,13-,14-/m1/s1. The first kappa shape index (κ1) is 19.7. The monoisotopic (exact) mass is 397 g/mol. The van der Waals surface area contributed by atoms with Crippen molar-refractivity contribution in [1.29, 1.82) is 0 Å². The van der Waals surface area contributed by atoms with Crippen LogP contribution in [-0.4, -0.2) is 45.6 Å². The SMILES string of the molecule is Nc1ccn([C@@H]2O[C@H](COC(=O)OCc3ccccc3)[C@@H](O)C2(F)F)c(=O)n1. The van der Waals surface area contributed by atoms with Gasteiger partial charge in [0.25, 0.3) is 0 Å². The van der Waals surface area contributed by atoms with Gasteiger partial charge in [-0.3, -0.25) is 4.57 Å². The second-order valence-corrected chi connectivity index (χ2v) is 6.02. The van der Waals surface area contributed by atoms with Gasteiger partial charge >= 0.3 is 17.8 Å². The van der Waals surface area contributed by atoms with Crippen molar-refractivity contribution in [2.24, 2.45) is 0 Å². The van der Waals surface area contributed by atoms with Gasteiger partial charge in [-0.05, 0) is 11.6 Å². The number of carbonyl (C=O) groups is 1. The minimum atomic E-state index is -3.83. The van der Waals surface area contributed by atoms with E-state index in [-0.39, 0.29) is 12.4 Å². The molecule has 28 heavy (non-hydrogen) atoms. The highest BCUT2D eigenvalue weighted by Crippen LogP contribution is 2.42. The Morgan fingerprint density at radius 2 is 2.00 bits per heavy atom. The summed E-state index contributed by atoms with van der Waals surface area (Å²) in [6.07, 6.45) is -6.15. The largest absolute Gasteiger partial charge is 0.508 e. The van der Waals surface area contributed by atoms with Gasteiger partial charge in [0, 0.05) is 6.20 Å². The Morgan fingerprint density at radius 3 is 2.68 bits per heavy atom. The molecule has 150 valence electrons. The van der Waals surface area contributed by atoms with Crippen LogP contribution in [0, 0.1) is 0 Å². The van der Waals surface area contributed by atoms with Crippen LogP contribution in [0.1, 0.15) is 11.8 Å². The zero-order valence-electron chi connectivity index (χ0n) is 14.4. The van der Waals surface area contributed by atoms with Gasteiger partial charge in [0.1, 0.15) is 25.1 Å². The number of aromatic nitrogens is 2. The second-order valence-electron chi connectivity index (χ2n) is 6.02. The van der Waals surface area contributed by atoms with E-state index >= 15 is 0 Å². The second kappa shape index (κ2) is 7.90. The number of carbonyl (C=O) groups excluding carboxylic acids is 1. The molecule has 9 nitrogen and oxygen atoms in total. The Balaban J connectivity index is 1.60. The quantitative estimate of drug-likeness (QED) is 0.718. The number of benzene rings is 1. The van der Waals surface area contributed by atoms with Crippen LogP contribution in [0.15, 0.2) is 47.4 Å². The molecule has 0 aliphatic carbocycles. The lowest BCUT2D eigenvalue weighted by Gasteiger charge is -2.20. The third-order valence-corrected chi connectivity index (χ3v) is 4.05. The molecule has 0 amide bonds.